The number of hydrogen-bond donors (Lipinski definition) is 2. The summed E-state index contributed by atoms with van der Waals surface area (Å²) in [5.41, 5.74) is 2.53. The summed E-state index contributed by atoms with van der Waals surface area (Å²) in [6, 6.07) is 17.2. The van der Waals surface area contributed by atoms with Crippen molar-refractivity contribution in [1.29, 1.82) is 0 Å². The number of anilines is 1. The first-order valence-electron chi connectivity index (χ1n) is 10.9. The fraction of sp³-hybridized carbons (Fsp3) is 0.280. The highest BCUT2D eigenvalue weighted by Crippen LogP contribution is 2.18. The van der Waals surface area contributed by atoms with Crippen LogP contribution >= 0.6 is 0 Å². The first-order valence-corrected chi connectivity index (χ1v) is 10.9. The van der Waals surface area contributed by atoms with Gasteiger partial charge >= 0.3 is 0 Å². The lowest BCUT2D eigenvalue weighted by atomic mass is 10.1. The molecular weight excluding hydrogens is 420 g/mol. The van der Waals surface area contributed by atoms with Crippen molar-refractivity contribution in [3.8, 4) is 0 Å². The Morgan fingerprint density at radius 3 is 2.33 bits per heavy atom. The van der Waals surface area contributed by atoms with Gasteiger partial charge in [0.1, 0.15) is 11.7 Å². The third-order valence-corrected chi connectivity index (χ3v) is 5.85. The minimum atomic E-state index is -1.04. The number of aromatic nitrogens is 1. The number of fused-ring (bicyclic) bond motifs is 1. The molecule has 2 heterocycles. The summed E-state index contributed by atoms with van der Waals surface area (Å²) >= 11 is 0. The molecule has 33 heavy (non-hydrogen) atoms. The van der Waals surface area contributed by atoms with Gasteiger partial charge < -0.3 is 20.2 Å². The number of rotatable bonds is 6. The fourth-order valence-corrected chi connectivity index (χ4v) is 3.92. The maximum atomic E-state index is 12.9. The van der Waals surface area contributed by atoms with E-state index in [9.17, 15) is 19.5 Å². The molecule has 170 valence electrons. The van der Waals surface area contributed by atoms with Crippen LogP contribution in [0.1, 0.15) is 27.8 Å². The number of nitrogens with zero attached hydrogens (tertiary/aromatic N) is 3. The van der Waals surface area contributed by atoms with Crippen molar-refractivity contribution in [2.75, 3.05) is 37.7 Å². The second-order valence-corrected chi connectivity index (χ2v) is 8.01. The Kier molecular flexibility index (Phi) is 6.65. The van der Waals surface area contributed by atoms with Crippen LogP contribution in [0.15, 0.2) is 60.7 Å². The van der Waals surface area contributed by atoms with Crippen molar-refractivity contribution >= 4 is 34.2 Å². The zero-order chi connectivity index (χ0) is 23.4. The molecule has 1 aliphatic heterocycles. The highest BCUT2D eigenvalue weighted by Gasteiger charge is 2.29. The molecule has 1 aromatic heterocycles. The van der Waals surface area contributed by atoms with Crippen molar-refractivity contribution < 1.29 is 19.5 Å². The summed E-state index contributed by atoms with van der Waals surface area (Å²) in [4.78, 5) is 45.2. The van der Waals surface area contributed by atoms with E-state index in [-0.39, 0.29) is 17.4 Å². The van der Waals surface area contributed by atoms with Gasteiger partial charge in [0.15, 0.2) is 5.78 Å². The molecule has 2 aromatic carbocycles. The SMILES string of the molecule is CC(=O)c1ccc(N2CCN(C(=O)C(CO)NC(=O)c3ccc4ccccc4n3)CC2)cc1. The van der Waals surface area contributed by atoms with Crippen LogP contribution in [0, 0.1) is 0 Å². The van der Waals surface area contributed by atoms with Gasteiger partial charge in [-0.25, -0.2) is 4.98 Å². The summed E-state index contributed by atoms with van der Waals surface area (Å²) < 4.78 is 0. The number of nitrogens with one attached hydrogen (secondary N) is 1. The molecule has 2 amide bonds. The zero-order valence-corrected chi connectivity index (χ0v) is 18.4. The summed E-state index contributed by atoms with van der Waals surface area (Å²) in [5.74, 6) is -0.802. The van der Waals surface area contributed by atoms with Crippen LogP contribution in [0.5, 0.6) is 0 Å². The average Bonchev–Trinajstić information content (AvgIpc) is 2.86. The number of carbonyl (C=O) groups is 3. The van der Waals surface area contributed by atoms with E-state index in [4.69, 9.17) is 0 Å². The molecule has 4 rings (SSSR count). The molecule has 0 spiro atoms. The van der Waals surface area contributed by atoms with Crippen LogP contribution in [0.4, 0.5) is 5.69 Å². The molecule has 8 heteroatoms. The molecule has 1 fully saturated rings. The second kappa shape index (κ2) is 9.79. The Morgan fingerprint density at radius 1 is 0.970 bits per heavy atom. The molecule has 0 radical (unpaired) electrons. The number of benzene rings is 2. The van der Waals surface area contributed by atoms with Gasteiger partial charge in [0, 0.05) is 42.8 Å². The number of aliphatic hydroxyl groups is 1. The first-order chi connectivity index (χ1) is 16.0. The van der Waals surface area contributed by atoms with Gasteiger partial charge in [-0.1, -0.05) is 24.3 Å². The minimum absolute atomic E-state index is 0.0212. The maximum absolute atomic E-state index is 12.9. The van der Waals surface area contributed by atoms with E-state index in [2.05, 4.69) is 15.2 Å². The predicted octanol–water partition coefficient (Wildman–Crippen LogP) is 1.88. The van der Waals surface area contributed by atoms with E-state index in [0.29, 0.717) is 37.3 Å². The van der Waals surface area contributed by atoms with Crippen molar-refractivity contribution in [2.45, 2.75) is 13.0 Å². The molecule has 0 aliphatic carbocycles. The van der Waals surface area contributed by atoms with Gasteiger partial charge in [-0.3, -0.25) is 14.4 Å². The minimum Gasteiger partial charge on any atom is -0.394 e. The van der Waals surface area contributed by atoms with Gasteiger partial charge in [0.25, 0.3) is 5.91 Å². The number of Topliss-reactive ketones (excluding diaryl/α,β-unsaturated/α-hetero) is 1. The monoisotopic (exact) mass is 446 g/mol. The van der Waals surface area contributed by atoms with E-state index < -0.39 is 18.6 Å². The Morgan fingerprint density at radius 2 is 1.67 bits per heavy atom. The zero-order valence-electron chi connectivity index (χ0n) is 18.4. The molecule has 3 aromatic rings. The topological polar surface area (TPSA) is 103 Å². The van der Waals surface area contributed by atoms with Gasteiger partial charge in [0.2, 0.25) is 5.91 Å². The Bertz CT molecular complexity index is 1170. The van der Waals surface area contributed by atoms with E-state index >= 15 is 0 Å². The number of carbonyl (C=O) groups excluding carboxylic acids is 3. The molecule has 8 nitrogen and oxygen atoms in total. The lowest BCUT2D eigenvalue weighted by molar-refractivity contribution is -0.134. The number of para-hydroxylation sites is 1. The highest BCUT2D eigenvalue weighted by molar-refractivity contribution is 5.98. The van der Waals surface area contributed by atoms with Crippen LogP contribution in [0.2, 0.25) is 0 Å². The van der Waals surface area contributed by atoms with Crippen molar-refractivity contribution in [1.82, 2.24) is 15.2 Å². The smallest absolute Gasteiger partial charge is 0.270 e. The van der Waals surface area contributed by atoms with Gasteiger partial charge in [0.05, 0.1) is 12.1 Å². The van der Waals surface area contributed by atoms with Crippen LogP contribution in [-0.4, -0.2) is 71.4 Å². The normalized spacial score (nSPS) is 14.7. The molecule has 1 atom stereocenters. The quantitative estimate of drug-likeness (QED) is 0.561. The van der Waals surface area contributed by atoms with E-state index in [1.165, 1.54) is 6.92 Å². The fourth-order valence-electron chi connectivity index (χ4n) is 3.92. The standard InChI is InChI=1S/C25H26N4O4/c1-17(31)18-6-9-20(10-7-18)28-12-14-29(15-13-28)25(33)23(16-30)27-24(32)22-11-8-19-4-2-3-5-21(19)26-22/h2-11,23,30H,12-16H2,1H3,(H,27,32). The Labute approximate surface area is 191 Å². The molecule has 0 bridgehead atoms. The van der Waals surface area contributed by atoms with Crippen LogP contribution in [-0.2, 0) is 4.79 Å². The molecular formula is C25H26N4O4. The number of amides is 2. The number of ketones is 1. The second-order valence-electron chi connectivity index (χ2n) is 8.01. The number of aliphatic hydroxyl groups excluding tert-OH is 1. The molecule has 0 saturated carbocycles. The number of hydrogen-bond acceptors (Lipinski definition) is 6. The third-order valence-electron chi connectivity index (χ3n) is 5.85. The average molecular weight is 447 g/mol. The summed E-state index contributed by atoms with van der Waals surface area (Å²) in [6.45, 7) is 3.20. The Hall–Kier alpha value is -3.78. The van der Waals surface area contributed by atoms with Crippen molar-refractivity contribution in [3.05, 3.63) is 71.9 Å². The maximum Gasteiger partial charge on any atom is 0.270 e. The lowest BCUT2D eigenvalue weighted by Gasteiger charge is -2.37. The number of piperazine rings is 1. The van der Waals surface area contributed by atoms with Gasteiger partial charge in [-0.05, 0) is 43.3 Å². The van der Waals surface area contributed by atoms with Crippen LogP contribution in [0.3, 0.4) is 0 Å². The summed E-state index contributed by atoms with van der Waals surface area (Å²) in [7, 11) is 0. The molecule has 1 unspecified atom stereocenters. The molecule has 2 N–H and O–H groups in total. The van der Waals surface area contributed by atoms with E-state index in [0.717, 1.165) is 11.1 Å². The lowest BCUT2D eigenvalue weighted by Crippen LogP contribution is -2.56. The number of pyridine rings is 1. The molecule has 1 saturated heterocycles. The third kappa shape index (κ3) is 5.01. The summed E-state index contributed by atoms with van der Waals surface area (Å²) in [5, 5.41) is 13.3. The van der Waals surface area contributed by atoms with Crippen molar-refractivity contribution in [3.63, 3.8) is 0 Å². The van der Waals surface area contributed by atoms with Crippen LogP contribution < -0.4 is 10.2 Å². The molecule has 1 aliphatic rings. The van der Waals surface area contributed by atoms with Crippen molar-refractivity contribution in [2.24, 2.45) is 0 Å². The van der Waals surface area contributed by atoms with Gasteiger partial charge in [-0.2, -0.15) is 0 Å². The van der Waals surface area contributed by atoms with Gasteiger partial charge in [-0.15, -0.1) is 0 Å². The Balaban J connectivity index is 1.36. The van der Waals surface area contributed by atoms with Crippen LogP contribution in [0.25, 0.3) is 10.9 Å². The summed E-state index contributed by atoms with van der Waals surface area (Å²) in [6.07, 6.45) is 0. The predicted molar refractivity (Wildman–Crippen MR) is 125 cm³/mol. The van der Waals surface area contributed by atoms with E-state index in [1.54, 1.807) is 29.2 Å². The van der Waals surface area contributed by atoms with E-state index in [1.807, 2.05) is 36.4 Å². The largest absolute Gasteiger partial charge is 0.394 e. The first kappa shape index (κ1) is 22.4. The highest BCUT2D eigenvalue weighted by atomic mass is 16.3.